The number of methoxy groups -OCH3 is 1. The lowest BCUT2D eigenvalue weighted by Gasteiger charge is -2.08. The summed E-state index contributed by atoms with van der Waals surface area (Å²) in [6, 6.07) is 9.91. The molecule has 1 rings (SSSR count). The molecule has 1 unspecified atom stereocenters. The Balaban J connectivity index is 2.25. The third-order valence-electron chi connectivity index (χ3n) is 1.95. The molecule has 0 bridgehead atoms. The summed E-state index contributed by atoms with van der Waals surface area (Å²) >= 11 is 5.76. The molecule has 0 aliphatic carbocycles. The molecule has 0 spiro atoms. The Morgan fingerprint density at radius 2 is 2.13 bits per heavy atom. The van der Waals surface area contributed by atoms with Gasteiger partial charge in [0.2, 0.25) is 0 Å². The number of ether oxygens (including phenoxy) is 1. The fourth-order valence-corrected chi connectivity index (χ4v) is 1.35. The molecule has 0 fully saturated rings. The number of carbonyl (C=O) groups excluding carboxylic acids is 1. The highest BCUT2D eigenvalue weighted by molar-refractivity contribution is 6.30. The summed E-state index contributed by atoms with van der Waals surface area (Å²) in [7, 11) is 1.33. The van der Waals surface area contributed by atoms with Crippen molar-refractivity contribution in [3.63, 3.8) is 0 Å². The minimum Gasteiger partial charge on any atom is -0.468 e. The molecule has 15 heavy (non-hydrogen) atoms. The van der Waals surface area contributed by atoms with Crippen molar-refractivity contribution in [1.82, 2.24) is 5.32 Å². The number of hydrogen-bond acceptors (Lipinski definition) is 3. The normalized spacial score (nSPS) is 12.1. The highest BCUT2D eigenvalue weighted by Crippen LogP contribution is 2.00. The van der Waals surface area contributed by atoms with Gasteiger partial charge in [-0.25, -0.2) is 0 Å². The first kappa shape index (κ1) is 12.0. The fraction of sp³-hybridized carbons (Fsp3) is 0.364. The van der Waals surface area contributed by atoms with Crippen LogP contribution < -0.4 is 5.32 Å². The van der Waals surface area contributed by atoms with Crippen molar-refractivity contribution in [3.8, 4) is 0 Å². The maximum absolute atomic E-state index is 11.0. The first-order valence-corrected chi connectivity index (χ1v) is 5.14. The number of hydrogen-bond donors (Lipinski definition) is 1. The van der Waals surface area contributed by atoms with Crippen molar-refractivity contribution in [2.24, 2.45) is 0 Å². The van der Waals surface area contributed by atoms with Crippen LogP contribution in [0.3, 0.4) is 0 Å². The maximum Gasteiger partial charge on any atom is 0.325 e. The molecular formula is C11H14ClNO2. The van der Waals surface area contributed by atoms with Crippen molar-refractivity contribution in [3.05, 3.63) is 35.9 Å². The Hall–Kier alpha value is -1.06. The number of rotatable bonds is 5. The lowest BCUT2D eigenvalue weighted by molar-refractivity contribution is -0.140. The molecule has 1 N–H and O–H groups in total. The molecule has 0 aliphatic heterocycles. The van der Waals surface area contributed by atoms with Gasteiger partial charge in [-0.05, 0) is 5.56 Å². The summed E-state index contributed by atoms with van der Waals surface area (Å²) in [6.07, 6.45) is 0. The Bertz CT molecular complexity index is 303. The molecule has 3 nitrogen and oxygen atoms in total. The second-order valence-electron chi connectivity index (χ2n) is 3.11. The lowest BCUT2D eigenvalue weighted by Crippen LogP contribution is -2.29. The molecule has 4 heteroatoms. The molecule has 0 heterocycles. The number of carbonyl (C=O) groups is 1. The molecule has 1 aromatic rings. The van der Waals surface area contributed by atoms with Crippen LogP contribution in [0.2, 0.25) is 0 Å². The molecule has 0 aliphatic rings. The summed E-state index contributed by atoms with van der Waals surface area (Å²) in [5.74, 6) is -0.405. The van der Waals surface area contributed by atoms with E-state index in [2.05, 4.69) is 10.1 Å². The Morgan fingerprint density at radius 3 is 2.73 bits per heavy atom. The summed E-state index contributed by atoms with van der Waals surface area (Å²) in [5.41, 5.74) is 1.16. The molecular weight excluding hydrogens is 214 g/mol. The van der Waals surface area contributed by atoms with Gasteiger partial charge in [0.15, 0.2) is 0 Å². The van der Waals surface area contributed by atoms with Gasteiger partial charge in [-0.15, -0.1) is 11.6 Å². The molecule has 0 radical (unpaired) electrons. The molecule has 0 amide bonds. The smallest absolute Gasteiger partial charge is 0.325 e. The number of alkyl halides is 1. The van der Waals surface area contributed by atoms with Crippen LogP contribution in [0.25, 0.3) is 0 Å². The van der Waals surface area contributed by atoms with E-state index in [0.29, 0.717) is 13.1 Å². The van der Waals surface area contributed by atoms with E-state index < -0.39 is 11.3 Å². The molecule has 0 saturated carbocycles. The van der Waals surface area contributed by atoms with E-state index in [4.69, 9.17) is 11.6 Å². The maximum atomic E-state index is 11.0. The zero-order valence-corrected chi connectivity index (χ0v) is 9.33. The SMILES string of the molecule is COC(=O)C(Cl)CNCc1ccccc1. The van der Waals surface area contributed by atoms with E-state index in [-0.39, 0.29) is 0 Å². The van der Waals surface area contributed by atoms with E-state index >= 15 is 0 Å². The van der Waals surface area contributed by atoms with Crippen LogP contribution in [0.15, 0.2) is 30.3 Å². The summed E-state index contributed by atoms with van der Waals surface area (Å²) in [6.45, 7) is 1.10. The highest BCUT2D eigenvalue weighted by atomic mass is 35.5. The average Bonchev–Trinajstić information content (AvgIpc) is 2.29. The number of nitrogens with one attached hydrogen (secondary N) is 1. The lowest BCUT2D eigenvalue weighted by atomic mass is 10.2. The average molecular weight is 228 g/mol. The van der Waals surface area contributed by atoms with Crippen molar-refractivity contribution in [1.29, 1.82) is 0 Å². The van der Waals surface area contributed by atoms with Crippen LogP contribution in [-0.2, 0) is 16.1 Å². The Morgan fingerprint density at radius 1 is 1.47 bits per heavy atom. The second-order valence-corrected chi connectivity index (χ2v) is 3.63. The van der Waals surface area contributed by atoms with Gasteiger partial charge < -0.3 is 10.1 Å². The minimum absolute atomic E-state index is 0.405. The van der Waals surface area contributed by atoms with Crippen LogP contribution in [0.5, 0.6) is 0 Å². The van der Waals surface area contributed by atoms with Crippen LogP contribution in [0.1, 0.15) is 5.56 Å². The van der Waals surface area contributed by atoms with Gasteiger partial charge in [0.1, 0.15) is 5.38 Å². The predicted molar refractivity (Wildman–Crippen MR) is 59.8 cm³/mol. The van der Waals surface area contributed by atoms with Gasteiger partial charge in [0.25, 0.3) is 0 Å². The largest absolute Gasteiger partial charge is 0.468 e. The van der Waals surface area contributed by atoms with Gasteiger partial charge in [0, 0.05) is 13.1 Å². The van der Waals surface area contributed by atoms with Crippen LogP contribution in [0, 0.1) is 0 Å². The number of benzene rings is 1. The molecule has 0 aromatic heterocycles. The number of esters is 1. The molecule has 1 atom stereocenters. The first-order valence-electron chi connectivity index (χ1n) is 4.70. The van der Waals surface area contributed by atoms with E-state index in [1.807, 2.05) is 30.3 Å². The first-order chi connectivity index (χ1) is 7.24. The third-order valence-corrected chi connectivity index (χ3v) is 2.28. The van der Waals surface area contributed by atoms with E-state index in [1.165, 1.54) is 7.11 Å². The zero-order valence-electron chi connectivity index (χ0n) is 8.57. The van der Waals surface area contributed by atoms with Crippen molar-refractivity contribution >= 4 is 17.6 Å². The highest BCUT2D eigenvalue weighted by Gasteiger charge is 2.14. The third kappa shape index (κ3) is 4.32. The van der Waals surface area contributed by atoms with E-state index in [0.717, 1.165) is 5.56 Å². The Labute approximate surface area is 94.4 Å². The van der Waals surface area contributed by atoms with Crippen molar-refractivity contribution in [2.45, 2.75) is 11.9 Å². The topological polar surface area (TPSA) is 38.3 Å². The van der Waals surface area contributed by atoms with Crippen LogP contribution >= 0.6 is 11.6 Å². The summed E-state index contributed by atoms with van der Waals surface area (Å²) in [4.78, 5) is 11.0. The van der Waals surface area contributed by atoms with Gasteiger partial charge in [-0.1, -0.05) is 30.3 Å². The number of halogens is 1. The summed E-state index contributed by atoms with van der Waals surface area (Å²) < 4.78 is 4.50. The summed E-state index contributed by atoms with van der Waals surface area (Å²) in [5, 5.41) is 2.46. The molecule has 0 saturated heterocycles. The van der Waals surface area contributed by atoms with Gasteiger partial charge in [-0.2, -0.15) is 0 Å². The van der Waals surface area contributed by atoms with Gasteiger partial charge in [0.05, 0.1) is 7.11 Å². The zero-order chi connectivity index (χ0) is 11.1. The van der Waals surface area contributed by atoms with Crippen molar-refractivity contribution in [2.75, 3.05) is 13.7 Å². The predicted octanol–water partition coefficient (Wildman–Crippen LogP) is 1.56. The second kappa shape index (κ2) is 6.43. The van der Waals surface area contributed by atoms with Gasteiger partial charge in [-0.3, -0.25) is 4.79 Å². The quantitative estimate of drug-likeness (QED) is 0.613. The van der Waals surface area contributed by atoms with Crippen LogP contribution in [0.4, 0.5) is 0 Å². The molecule has 1 aromatic carbocycles. The Kier molecular flexibility index (Phi) is 5.15. The standard InChI is InChI=1S/C11H14ClNO2/c1-15-11(14)10(12)8-13-7-9-5-3-2-4-6-9/h2-6,10,13H,7-8H2,1H3. The van der Waals surface area contributed by atoms with Crippen LogP contribution in [-0.4, -0.2) is 25.0 Å². The van der Waals surface area contributed by atoms with Gasteiger partial charge >= 0.3 is 5.97 Å². The van der Waals surface area contributed by atoms with E-state index in [1.54, 1.807) is 0 Å². The van der Waals surface area contributed by atoms with Crippen molar-refractivity contribution < 1.29 is 9.53 Å². The van der Waals surface area contributed by atoms with E-state index in [9.17, 15) is 4.79 Å². The monoisotopic (exact) mass is 227 g/mol. The molecule has 82 valence electrons. The fourth-order valence-electron chi connectivity index (χ4n) is 1.15. The minimum atomic E-state index is -0.626.